The van der Waals surface area contributed by atoms with Crippen molar-refractivity contribution in [1.29, 1.82) is 5.26 Å². The second-order valence-electron chi connectivity index (χ2n) is 4.39. The van der Waals surface area contributed by atoms with Gasteiger partial charge < -0.3 is 4.74 Å². The van der Waals surface area contributed by atoms with E-state index in [9.17, 15) is 5.26 Å². The second kappa shape index (κ2) is 5.97. The molecular formula is C14H19NOS. The minimum absolute atomic E-state index is 0.235. The second-order valence-corrected chi connectivity index (χ2v) is 5.70. The average molecular weight is 249 g/mol. The number of nitriles is 1. The van der Waals surface area contributed by atoms with Crippen LogP contribution in [0.3, 0.4) is 0 Å². The van der Waals surface area contributed by atoms with E-state index in [-0.39, 0.29) is 5.60 Å². The molecule has 1 rings (SSSR count). The molecule has 0 radical (unpaired) electrons. The zero-order valence-electron chi connectivity index (χ0n) is 10.9. The van der Waals surface area contributed by atoms with Crippen LogP contribution in [0.1, 0.15) is 39.7 Å². The van der Waals surface area contributed by atoms with E-state index in [1.807, 2.05) is 32.0 Å². The summed E-state index contributed by atoms with van der Waals surface area (Å²) < 4.78 is 5.92. The Morgan fingerprint density at radius 3 is 2.59 bits per heavy atom. The summed E-state index contributed by atoms with van der Waals surface area (Å²) in [7, 11) is 0. The van der Waals surface area contributed by atoms with Gasteiger partial charge in [0.25, 0.3) is 0 Å². The molecule has 0 bridgehead atoms. The summed E-state index contributed by atoms with van der Waals surface area (Å²) in [6.07, 6.45) is 0.906. The van der Waals surface area contributed by atoms with E-state index < -0.39 is 0 Å². The molecule has 0 heterocycles. The van der Waals surface area contributed by atoms with Crippen molar-refractivity contribution >= 4 is 11.8 Å². The SMILES string of the molecule is CCSc1cccc(OC(C)(C)CC)c1C#N. The van der Waals surface area contributed by atoms with Crippen molar-refractivity contribution in [2.75, 3.05) is 5.75 Å². The minimum Gasteiger partial charge on any atom is -0.486 e. The van der Waals surface area contributed by atoms with Crippen molar-refractivity contribution in [2.45, 2.75) is 44.6 Å². The molecule has 92 valence electrons. The van der Waals surface area contributed by atoms with Crippen LogP contribution in [-0.2, 0) is 0 Å². The summed E-state index contributed by atoms with van der Waals surface area (Å²) in [5.74, 6) is 1.65. The highest BCUT2D eigenvalue weighted by molar-refractivity contribution is 7.99. The molecule has 17 heavy (non-hydrogen) atoms. The number of ether oxygens (including phenoxy) is 1. The van der Waals surface area contributed by atoms with E-state index in [2.05, 4.69) is 19.9 Å². The maximum Gasteiger partial charge on any atom is 0.139 e. The van der Waals surface area contributed by atoms with Gasteiger partial charge in [-0.1, -0.05) is 19.9 Å². The Kier molecular flexibility index (Phi) is 4.89. The van der Waals surface area contributed by atoms with Crippen LogP contribution in [0.25, 0.3) is 0 Å². The fourth-order valence-electron chi connectivity index (χ4n) is 1.35. The molecule has 0 saturated carbocycles. The van der Waals surface area contributed by atoms with Crippen LogP contribution in [0.15, 0.2) is 23.1 Å². The minimum atomic E-state index is -0.235. The van der Waals surface area contributed by atoms with Crippen molar-refractivity contribution < 1.29 is 4.74 Å². The summed E-state index contributed by atoms with van der Waals surface area (Å²) in [4.78, 5) is 0.999. The van der Waals surface area contributed by atoms with Crippen molar-refractivity contribution in [3.8, 4) is 11.8 Å². The highest BCUT2D eigenvalue weighted by Gasteiger charge is 2.19. The molecule has 1 aromatic rings. The third-order valence-corrected chi connectivity index (χ3v) is 3.58. The molecule has 0 unspecified atom stereocenters. The third-order valence-electron chi connectivity index (χ3n) is 2.64. The standard InChI is InChI=1S/C14H19NOS/c1-5-14(3,4)16-12-8-7-9-13(17-6-2)11(12)10-15/h7-9H,5-6H2,1-4H3. The first kappa shape index (κ1) is 13.9. The summed E-state index contributed by atoms with van der Waals surface area (Å²) in [5, 5.41) is 9.25. The number of rotatable bonds is 5. The quantitative estimate of drug-likeness (QED) is 0.732. The van der Waals surface area contributed by atoms with E-state index in [1.165, 1.54) is 0 Å². The first-order valence-corrected chi connectivity index (χ1v) is 6.87. The van der Waals surface area contributed by atoms with E-state index in [0.717, 1.165) is 17.1 Å². The van der Waals surface area contributed by atoms with Crippen molar-refractivity contribution in [3.63, 3.8) is 0 Å². The van der Waals surface area contributed by atoms with Gasteiger partial charge in [-0.05, 0) is 38.2 Å². The van der Waals surface area contributed by atoms with Gasteiger partial charge in [-0.15, -0.1) is 11.8 Å². The number of nitrogens with zero attached hydrogens (tertiary/aromatic N) is 1. The number of hydrogen-bond acceptors (Lipinski definition) is 3. The molecule has 2 nitrogen and oxygen atoms in total. The van der Waals surface area contributed by atoms with Gasteiger partial charge in [0.15, 0.2) is 0 Å². The van der Waals surface area contributed by atoms with Crippen molar-refractivity contribution in [3.05, 3.63) is 23.8 Å². The van der Waals surface area contributed by atoms with Crippen LogP contribution in [0.2, 0.25) is 0 Å². The lowest BCUT2D eigenvalue weighted by molar-refractivity contribution is 0.104. The van der Waals surface area contributed by atoms with Crippen LogP contribution in [0, 0.1) is 11.3 Å². The van der Waals surface area contributed by atoms with Crippen LogP contribution >= 0.6 is 11.8 Å². The van der Waals surface area contributed by atoms with E-state index in [1.54, 1.807) is 11.8 Å². The summed E-state index contributed by atoms with van der Waals surface area (Å²) in [6, 6.07) is 8.04. The van der Waals surface area contributed by atoms with Crippen molar-refractivity contribution in [1.82, 2.24) is 0 Å². The largest absolute Gasteiger partial charge is 0.486 e. The lowest BCUT2D eigenvalue weighted by atomic mass is 10.1. The lowest BCUT2D eigenvalue weighted by Crippen LogP contribution is -2.27. The third kappa shape index (κ3) is 3.67. The van der Waals surface area contributed by atoms with Gasteiger partial charge in [-0.3, -0.25) is 0 Å². The van der Waals surface area contributed by atoms with Gasteiger partial charge in [0.2, 0.25) is 0 Å². The Labute approximate surface area is 108 Å². The highest BCUT2D eigenvalue weighted by atomic mass is 32.2. The first-order valence-electron chi connectivity index (χ1n) is 5.89. The Morgan fingerprint density at radius 1 is 1.35 bits per heavy atom. The van der Waals surface area contributed by atoms with E-state index in [4.69, 9.17) is 4.74 Å². The lowest BCUT2D eigenvalue weighted by Gasteiger charge is -2.25. The number of benzene rings is 1. The molecular weight excluding hydrogens is 230 g/mol. The molecule has 0 spiro atoms. The maximum absolute atomic E-state index is 9.25. The van der Waals surface area contributed by atoms with Gasteiger partial charge in [0.1, 0.15) is 23.0 Å². The molecule has 0 saturated heterocycles. The predicted octanol–water partition coefficient (Wildman–Crippen LogP) is 4.24. The fraction of sp³-hybridized carbons (Fsp3) is 0.500. The smallest absolute Gasteiger partial charge is 0.139 e. The Hall–Kier alpha value is -1.14. The molecule has 0 aliphatic rings. The van der Waals surface area contributed by atoms with Gasteiger partial charge in [0, 0.05) is 4.90 Å². The first-order chi connectivity index (χ1) is 8.04. The molecule has 3 heteroatoms. The molecule has 0 fully saturated rings. The number of thioether (sulfide) groups is 1. The summed E-state index contributed by atoms with van der Waals surface area (Å²) >= 11 is 1.67. The van der Waals surface area contributed by atoms with Gasteiger partial charge >= 0.3 is 0 Å². The topological polar surface area (TPSA) is 33.0 Å². The van der Waals surface area contributed by atoms with Gasteiger partial charge in [-0.25, -0.2) is 0 Å². The Bertz CT molecular complexity index is 421. The molecule has 0 aliphatic heterocycles. The summed E-state index contributed by atoms with van der Waals surface area (Å²) in [6.45, 7) is 8.23. The zero-order chi connectivity index (χ0) is 12.9. The van der Waals surface area contributed by atoms with Gasteiger partial charge in [-0.2, -0.15) is 5.26 Å². The molecule has 0 atom stereocenters. The normalized spacial score (nSPS) is 11.0. The van der Waals surface area contributed by atoms with Gasteiger partial charge in [0.05, 0.1) is 0 Å². The maximum atomic E-state index is 9.25. The van der Waals surface area contributed by atoms with Crippen LogP contribution in [-0.4, -0.2) is 11.4 Å². The Balaban J connectivity index is 3.08. The summed E-state index contributed by atoms with van der Waals surface area (Å²) in [5.41, 5.74) is 0.419. The molecule has 0 N–H and O–H groups in total. The van der Waals surface area contributed by atoms with E-state index in [0.29, 0.717) is 11.3 Å². The highest BCUT2D eigenvalue weighted by Crippen LogP contribution is 2.32. The van der Waals surface area contributed by atoms with Crippen LogP contribution < -0.4 is 4.74 Å². The monoisotopic (exact) mass is 249 g/mol. The molecule has 1 aromatic carbocycles. The van der Waals surface area contributed by atoms with Crippen LogP contribution in [0.5, 0.6) is 5.75 Å². The fourth-order valence-corrected chi connectivity index (χ4v) is 2.13. The van der Waals surface area contributed by atoms with Crippen LogP contribution in [0.4, 0.5) is 0 Å². The zero-order valence-corrected chi connectivity index (χ0v) is 11.7. The Morgan fingerprint density at radius 2 is 2.06 bits per heavy atom. The number of hydrogen-bond donors (Lipinski definition) is 0. The predicted molar refractivity (Wildman–Crippen MR) is 72.6 cm³/mol. The molecule has 0 amide bonds. The van der Waals surface area contributed by atoms with E-state index >= 15 is 0 Å². The average Bonchev–Trinajstić information content (AvgIpc) is 2.29. The molecule has 0 aliphatic carbocycles. The molecule has 0 aromatic heterocycles. The van der Waals surface area contributed by atoms with Crippen molar-refractivity contribution in [2.24, 2.45) is 0 Å².